The highest BCUT2D eigenvalue weighted by molar-refractivity contribution is 5.91. The monoisotopic (exact) mass is 353 g/mol. The molecule has 2 aromatic rings. The molecule has 1 aliphatic heterocycles. The Bertz CT molecular complexity index is 768. The Labute approximate surface area is 155 Å². The van der Waals surface area contributed by atoms with Crippen LogP contribution in [-0.4, -0.2) is 49.1 Å². The van der Waals surface area contributed by atoms with Gasteiger partial charge in [0.2, 0.25) is 0 Å². The van der Waals surface area contributed by atoms with E-state index < -0.39 is 0 Å². The highest BCUT2D eigenvalue weighted by atomic mass is 16.5. The normalized spacial score (nSPS) is 15.0. The molecule has 2 aromatic carbocycles. The van der Waals surface area contributed by atoms with Crippen molar-refractivity contribution in [2.45, 2.75) is 20.4 Å². The Morgan fingerprint density at radius 2 is 1.77 bits per heavy atom. The maximum absolute atomic E-state index is 12.6. The van der Waals surface area contributed by atoms with E-state index in [1.54, 1.807) is 7.11 Å². The molecule has 0 saturated carbocycles. The second-order valence-electron chi connectivity index (χ2n) is 6.89. The number of carbonyl (C=O) groups excluding carboxylic acids is 1. The molecule has 5 heteroatoms. The molecule has 1 N–H and O–H groups in total. The third kappa shape index (κ3) is 4.55. The third-order valence-corrected chi connectivity index (χ3v) is 4.74. The lowest BCUT2D eigenvalue weighted by atomic mass is 10.1. The van der Waals surface area contributed by atoms with E-state index in [0.717, 1.165) is 44.0 Å². The number of anilines is 1. The second-order valence-corrected chi connectivity index (χ2v) is 6.89. The molecule has 1 saturated heterocycles. The van der Waals surface area contributed by atoms with Crippen LogP contribution in [0.25, 0.3) is 0 Å². The van der Waals surface area contributed by atoms with E-state index in [2.05, 4.69) is 41.4 Å². The summed E-state index contributed by atoms with van der Waals surface area (Å²) in [6.45, 7) is 8.27. The van der Waals surface area contributed by atoms with Crippen molar-refractivity contribution >= 4 is 11.7 Å². The van der Waals surface area contributed by atoms with E-state index in [9.17, 15) is 4.79 Å². The fourth-order valence-corrected chi connectivity index (χ4v) is 3.29. The Morgan fingerprint density at radius 1 is 1.04 bits per heavy atom. The Balaban J connectivity index is 1.54. The minimum absolute atomic E-state index is 0.0656. The van der Waals surface area contributed by atoms with Crippen LogP contribution in [0.4, 0.5) is 10.5 Å². The summed E-state index contributed by atoms with van der Waals surface area (Å²) in [5.41, 5.74) is 4.42. The van der Waals surface area contributed by atoms with Crippen molar-refractivity contribution in [2.24, 2.45) is 0 Å². The Hall–Kier alpha value is -2.53. The first-order valence-electron chi connectivity index (χ1n) is 9.03. The van der Waals surface area contributed by atoms with Gasteiger partial charge < -0.3 is 15.0 Å². The molecule has 0 bridgehead atoms. The molecule has 1 fully saturated rings. The maximum Gasteiger partial charge on any atom is 0.322 e. The van der Waals surface area contributed by atoms with E-state index in [4.69, 9.17) is 4.74 Å². The first-order valence-corrected chi connectivity index (χ1v) is 9.03. The van der Waals surface area contributed by atoms with Crippen LogP contribution in [0.15, 0.2) is 42.5 Å². The summed E-state index contributed by atoms with van der Waals surface area (Å²) < 4.78 is 5.34. The highest BCUT2D eigenvalue weighted by Crippen LogP contribution is 2.25. The maximum atomic E-state index is 12.6. The number of piperazine rings is 1. The van der Waals surface area contributed by atoms with Gasteiger partial charge in [-0.1, -0.05) is 35.9 Å². The van der Waals surface area contributed by atoms with Crippen LogP contribution in [-0.2, 0) is 6.54 Å². The Morgan fingerprint density at radius 3 is 2.46 bits per heavy atom. The van der Waals surface area contributed by atoms with Gasteiger partial charge in [-0.25, -0.2) is 4.79 Å². The molecule has 0 atom stereocenters. The van der Waals surface area contributed by atoms with Gasteiger partial charge in [-0.2, -0.15) is 0 Å². The molecule has 1 aliphatic rings. The van der Waals surface area contributed by atoms with Gasteiger partial charge in [-0.05, 0) is 37.1 Å². The average Bonchev–Trinajstić information content (AvgIpc) is 2.62. The van der Waals surface area contributed by atoms with Gasteiger partial charge in [-0.15, -0.1) is 0 Å². The predicted octanol–water partition coefficient (Wildman–Crippen LogP) is 3.66. The van der Waals surface area contributed by atoms with Crippen LogP contribution in [0.2, 0.25) is 0 Å². The molecule has 26 heavy (non-hydrogen) atoms. The number of hydrogen-bond acceptors (Lipinski definition) is 3. The molecule has 0 spiro atoms. The zero-order chi connectivity index (χ0) is 18.5. The molecule has 138 valence electrons. The lowest BCUT2D eigenvalue weighted by molar-refractivity contribution is 0.143. The number of nitrogens with one attached hydrogen (secondary N) is 1. The van der Waals surface area contributed by atoms with Crippen LogP contribution in [0.5, 0.6) is 5.75 Å². The summed E-state index contributed by atoms with van der Waals surface area (Å²) in [6.07, 6.45) is 0. The third-order valence-electron chi connectivity index (χ3n) is 4.74. The van der Waals surface area contributed by atoms with Crippen molar-refractivity contribution < 1.29 is 9.53 Å². The molecule has 1 heterocycles. The van der Waals surface area contributed by atoms with E-state index in [0.29, 0.717) is 5.75 Å². The van der Waals surface area contributed by atoms with Crippen LogP contribution >= 0.6 is 0 Å². The van der Waals surface area contributed by atoms with Crippen LogP contribution in [0.1, 0.15) is 16.7 Å². The average molecular weight is 353 g/mol. The zero-order valence-electron chi connectivity index (χ0n) is 15.8. The van der Waals surface area contributed by atoms with Crippen LogP contribution < -0.4 is 10.1 Å². The van der Waals surface area contributed by atoms with Crippen molar-refractivity contribution in [3.05, 3.63) is 59.2 Å². The van der Waals surface area contributed by atoms with Crippen molar-refractivity contribution in [3.8, 4) is 5.75 Å². The van der Waals surface area contributed by atoms with Gasteiger partial charge in [-0.3, -0.25) is 4.90 Å². The predicted molar refractivity (Wildman–Crippen MR) is 105 cm³/mol. The van der Waals surface area contributed by atoms with E-state index in [1.165, 1.54) is 11.1 Å². The zero-order valence-corrected chi connectivity index (χ0v) is 15.8. The minimum Gasteiger partial charge on any atom is -0.495 e. The van der Waals surface area contributed by atoms with Gasteiger partial charge in [0.25, 0.3) is 0 Å². The van der Waals surface area contributed by atoms with Gasteiger partial charge in [0.1, 0.15) is 5.75 Å². The molecular formula is C21H27N3O2. The number of hydrogen-bond donors (Lipinski definition) is 1. The van der Waals surface area contributed by atoms with Gasteiger partial charge >= 0.3 is 6.03 Å². The van der Waals surface area contributed by atoms with E-state index >= 15 is 0 Å². The van der Waals surface area contributed by atoms with Crippen molar-refractivity contribution in [1.29, 1.82) is 0 Å². The number of ether oxygens (including phenoxy) is 1. The molecule has 2 amide bonds. The standard InChI is InChI=1S/C21H27N3O2/c1-16-5-4-6-18(13-16)15-23-9-11-24(12-10-23)21(25)22-19-14-17(2)7-8-20(19)26-3/h4-8,13-14H,9-12,15H2,1-3H3,(H,22,25). The first-order chi connectivity index (χ1) is 12.5. The van der Waals surface area contributed by atoms with Crippen molar-refractivity contribution in [3.63, 3.8) is 0 Å². The van der Waals surface area contributed by atoms with Crippen molar-refractivity contribution in [2.75, 3.05) is 38.6 Å². The number of benzene rings is 2. The minimum atomic E-state index is -0.0656. The van der Waals surface area contributed by atoms with E-state index in [1.807, 2.05) is 30.0 Å². The summed E-state index contributed by atoms with van der Waals surface area (Å²) in [4.78, 5) is 16.9. The fraction of sp³-hybridized carbons (Fsp3) is 0.381. The molecule has 0 aromatic heterocycles. The topological polar surface area (TPSA) is 44.8 Å². The molecule has 0 aliphatic carbocycles. The lowest BCUT2D eigenvalue weighted by Gasteiger charge is -2.34. The largest absolute Gasteiger partial charge is 0.495 e. The summed E-state index contributed by atoms with van der Waals surface area (Å²) in [5, 5.41) is 2.99. The van der Waals surface area contributed by atoms with Crippen molar-refractivity contribution in [1.82, 2.24) is 9.80 Å². The molecule has 3 rings (SSSR count). The second kappa shape index (κ2) is 8.23. The van der Waals surface area contributed by atoms with Gasteiger partial charge in [0.05, 0.1) is 12.8 Å². The molecule has 0 unspecified atom stereocenters. The SMILES string of the molecule is COc1ccc(C)cc1NC(=O)N1CCN(Cc2cccc(C)c2)CC1. The van der Waals surface area contributed by atoms with E-state index in [-0.39, 0.29) is 6.03 Å². The fourth-order valence-electron chi connectivity index (χ4n) is 3.29. The quantitative estimate of drug-likeness (QED) is 0.912. The number of aryl methyl sites for hydroxylation is 2. The molecular weight excluding hydrogens is 326 g/mol. The smallest absolute Gasteiger partial charge is 0.322 e. The number of carbonyl (C=O) groups is 1. The number of urea groups is 1. The number of nitrogens with zero attached hydrogens (tertiary/aromatic N) is 2. The summed E-state index contributed by atoms with van der Waals surface area (Å²) in [5.74, 6) is 0.682. The number of amides is 2. The summed E-state index contributed by atoms with van der Waals surface area (Å²) in [6, 6.07) is 14.3. The number of rotatable bonds is 4. The van der Waals surface area contributed by atoms with Gasteiger partial charge in [0, 0.05) is 32.7 Å². The summed E-state index contributed by atoms with van der Waals surface area (Å²) in [7, 11) is 1.62. The van der Waals surface area contributed by atoms with Crippen LogP contribution in [0, 0.1) is 13.8 Å². The lowest BCUT2D eigenvalue weighted by Crippen LogP contribution is -2.49. The number of methoxy groups -OCH3 is 1. The highest BCUT2D eigenvalue weighted by Gasteiger charge is 2.22. The Kier molecular flexibility index (Phi) is 5.78. The first kappa shape index (κ1) is 18.3. The summed E-state index contributed by atoms with van der Waals surface area (Å²) >= 11 is 0. The molecule has 0 radical (unpaired) electrons. The van der Waals surface area contributed by atoms with Gasteiger partial charge in [0.15, 0.2) is 0 Å². The molecule has 5 nitrogen and oxygen atoms in total. The van der Waals surface area contributed by atoms with Crippen LogP contribution in [0.3, 0.4) is 0 Å².